The molecule has 2 aromatic heterocycles. The highest BCUT2D eigenvalue weighted by Crippen LogP contribution is 2.40. The Morgan fingerprint density at radius 2 is 2.03 bits per heavy atom. The molecular formula is C25H24N2O6. The number of rotatable bonds is 5. The molecule has 0 amide bonds. The summed E-state index contributed by atoms with van der Waals surface area (Å²) >= 11 is 0. The Labute approximate surface area is 189 Å². The molecule has 1 N–H and O–H groups in total. The van der Waals surface area contributed by atoms with Crippen LogP contribution < -0.4 is 5.56 Å². The molecule has 8 heteroatoms. The van der Waals surface area contributed by atoms with Crippen LogP contribution in [0.25, 0.3) is 22.3 Å². The number of cyclic esters (lactones) is 1. The van der Waals surface area contributed by atoms with Gasteiger partial charge in [-0.15, -0.1) is 0 Å². The molecule has 3 aromatic rings. The molecule has 170 valence electrons. The third-order valence-corrected chi connectivity index (χ3v) is 6.54. The number of para-hydroxylation sites is 1. The van der Waals surface area contributed by atoms with Gasteiger partial charge in [-0.1, -0.05) is 32.0 Å². The summed E-state index contributed by atoms with van der Waals surface area (Å²) in [6.07, 6.45) is 1.11. The molecule has 0 saturated heterocycles. The average Bonchev–Trinajstić information content (AvgIpc) is 3.18. The SMILES string of the molecule is CCCC(=O)OCc1c2c(nc3ccccc13)-c1cc3c(c(=O)n1C2)COC(=O)[C@]3(O)CC. The van der Waals surface area contributed by atoms with Gasteiger partial charge in [0, 0.05) is 28.5 Å². The van der Waals surface area contributed by atoms with Gasteiger partial charge >= 0.3 is 11.9 Å². The van der Waals surface area contributed by atoms with Gasteiger partial charge in [-0.05, 0) is 25.0 Å². The van der Waals surface area contributed by atoms with Gasteiger partial charge < -0.3 is 19.1 Å². The first-order valence-electron chi connectivity index (χ1n) is 11.1. The Morgan fingerprint density at radius 3 is 2.79 bits per heavy atom. The van der Waals surface area contributed by atoms with Gasteiger partial charge in [-0.3, -0.25) is 9.59 Å². The van der Waals surface area contributed by atoms with Crippen LogP contribution >= 0.6 is 0 Å². The largest absolute Gasteiger partial charge is 0.461 e. The number of hydrogen-bond acceptors (Lipinski definition) is 7. The third-order valence-electron chi connectivity index (χ3n) is 6.54. The van der Waals surface area contributed by atoms with Crippen molar-refractivity contribution < 1.29 is 24.2 Å². The molecule has 0 unspecified atom stereocenters. The Hall–Kier alpha value is -3.52. The number of aliphatic hydroxyl groups is 1. The zero-order valence-electron chi connectivity index (χ0n) is 18.5. The van der Waals surface area contributed by atoms with Crippen LogP contribution in [0.5, 0.6) is 0 Å². The number of esters is 2. The molecule has 0 aliphatic carbocycles. The highest BCUT2D eigenvalue weighted by Gasteiger charge is 2.45. The van der Waals surface area contributed by atoms with E-state index in [0.717, 1.165) is 16.5 Å². The third kappa shape index (κ3) is 3.16. The highest BCUT2D eigenvalue weighted by atomic mass is 16.6. The topological polar surface area (TPSA) is 108 Å². The van der Waals surface area contributed by atoms with Crippen LogP contribution in [0, 0.1) is 0 Å². The number of benzene rings is 1. The van der Waals surface area contributed by atoms with Crippen molar-refractivity contribution in [3.8, 4) is 11.4 Å². The number of fused-ring (bicyclic) bond motifs is 5. The maximum absolute atomic E-state index is 13.4. The number of pyridine rings is 2. The predicted octanol–water partition coefficient (Wildman–Crippen LogP) is 2.92. The zero-order chi connectivity index (χ0) is 23.3. The van der Waals surface area contributed by atoms with Crippen LogP contribution in [0.15, 0.2) is 35.1 Å². The van der Waals surface area contributed by atoms with E-state index in [2.05, 4.69) is 0 Å². The molecule has 5 rings (SSSR count). The van der Waals surface area contributed by atoms with E-state index < -0.39 is 11.6 Å². The summed E-state index contributed by atoms with van der Waals surface area (Å²) in [5.74, 6) is -1.03. The van der Waals surface area contributed by atoms with Crippen molar-refractivity contribution >= 4 is 22.8 Å². The first kappa shape index (κ1) is 21.3. The fraction of sp³-hybridized carbons (Fsp3) is 0.360. The maximum Gasteiger partial charge on any atom is 0.343 e. The van der Waals surface area contributed by atoms with E-state index in [-0.39, 0.29) is 48.8 Å². The lowest BCUT2D eigenvalue weighted by Crippen LogP contribution is -2.44. The first-order chi connectivity index (χ1) is 15.9. The molecule has 0 spiro atoms. The van der Waals surface area contributed by atoms with E-state index in [4.69, 9.17) is 14.5 Å². The fourth-order valence-electron chi connectivity index (χ4n) is 4.71. The van der Waals surface area contributed by atoms with E-state index in [1.165, 1.54) is 0 Å². The van der Waals surface area contributed by atoms with Crippen molar-refractivity contribution in [1.82, 2.24) is 9.55 Å². The molecule has 33 heavy (non-hydrogen) atoms. The monoisotopic (exact) mass is 448 g/mol. The minimum Gasteiger partial charge on any atom is -0.461 e. The second-order valence-corrected chi connectivity index (χ2v) is 8.45. The number of nitrogens with zero attached hydrogens (tertiary/aromatic N) is 2. The lowest BCUT2D eigenvalue weighted by atomic mass is 9.86. The van der Waals surface area contributed by atoms with Crippen LogP contribution in [0.1, 0.15) is 55.4 Å². The van der Waals surface area contributed by atoms with Crippen molar-refractivity contribution in [2.75, 3.05) is 0 Å². The number of hydrogen-bond donors (Lipinski definition) is 1. The lowest BCUT2D eigenvalue weighted by Gasteiger charge is -2.31. The fourth-order valence-corrected chi connectivity index (χ4v) is 4.71. The normalized spacial score (nSPS) is 18.5. The molecule has 0 radical (unpaired) electrons. The molecule has 2 aliphatic rings. The van der Waals surface area contributed by atoms with Gasteiger partial charge in [0.1, 0.15) is 13.2 Å². The van der Waals surface area contributed by atoms with E-state index in [9.17, 15) is 19.5 Å². The lowest BCUT2D eigenvalue weighted by molar-refractivity contribution is -0.172. The van der Waals surface area contributed by atoms with Gasteiger partial charge in [-0.25, -0.2) is 9.78 Å². The summed E-state index contributed by atoms with van der Waals surface area (Å²) in [6.45, 7) is 3.74. The van der Waals surface area contributed by atoms with Crippen LogP contribution in [-0.2, 0) is 44.4 Å². The van der Waals surface area contributed by atoms with Gasteiger partial charge in [0.05, 0.1) is 29.0 Å². The number of ether oxygens (including phenoxy) is 2. The smallest absolute Gasteiger partial charge is 0.343 e. The summed E-state index contributed by atoms with van der Waals surface area (Å²) < 4.78 is 12.2. The highest BCUT2D eigenvalue weighted by molar-refractivity contribution is 5.89. The molecule has 8 nitrogen and oxygen atoms in total. The van der Waals surface area contributed by atoms with Crippen molar-refractivity contribution in [1.29, 1.82) is 0 Å². The van der Waals surface area contributed by atoms with Crippen LogP contribution in [0.2, 0.25) is 0 Å². The van der Waals surface area contributed by atoms with E-state index in [0.29, 0.717) is 29.7 Å². The minimum absolute atomic E-state index is 0.0765. The first-order valence-corrected chi connectivity index (χ1v) is 11.1. The molecule has 0 bridgehead atoms. The second kappa shape index (κ2) is 7.81. The van der Waals surface area contributed by atoms with E-state index >= 15 is 0 Å². The van der Waals surface area contributed by atoms with E-state index in [1.807, 2.05) is 31.2 Å². The molecule has 1 atom stereocenters. The zero-order valence-corrected chi connectivity index (χ0v) is 18.5. The van der Waals surface area contributed by atoms with Gasteiger partial charge in [0.15, 0.2) is 5.60 Å². The molecular weight excluding hydrogens is 424 g/mol. The second-order valence-electron chi connectivity index (χ2n) is 8.45. The maximum atomic E-state index is 13.4. The van der Waals surface area contributed by atoms with Crippen molar-refractivity contribution in [3.63, 3.8) is 0 Å². The predicted molar refractivity (Wildman–Crippen MR) is 119 cm³/mol. The van der Waals surface area contributed by atoms with Crippen molar-refractivity contribution in [2.24, 2.45) is 0 Å². The Morgan fingerprint density at radius 1 is 1.24 bits per heavy atom. The van der Waals surface area contributed by atoms with Crippen LogP contribution in [0.4, 0.5) is 0 Å². The number of aromatic nitrogens is 2. The summed E-state index contributed by atoms with van der Waals surface area (Å²) in [5, 5.41) is 11.9. The van der Waals surface area contributed by atoms with Crippen LogP contribution in [0.3, 0.4) is 0 Å². The van der Waals surface area contributed by atoms with E-state index in [1.54, 1.807) is 17.6 Å². The van der Waals surface area contributed by atoms with Crippen molar-refractivity contribution in [3.05, 3.63) is 62.9 Å². The average molecular weight is 448 g/mol. The molecule has 1 aromatic carbocycles. The van der Waals surface area contributed by atoms with Gasteiger partial charge in [-0.2, -0.15) is 0 Å². The number of carbonyl (C=O) groups excluding carboxylic acids is 2. The summed E-state index contributed by atoms with van der Waals surface area (Å²) in [7, 11) is 0. The quantitative estimate of drug-likeness (QED) is 0.468. The summed E-state index contributed by atoms with van der Waals surface area (Å²) in [6, 6.07) is 9.23. The summed E-state index contributed by atoms with van der Waals surface area (Å²) in [5.41, 5.74) is 1.78. The van der Waals surface area contributed by atoms with Crippen molar-refractivity contribution in [2.45, 2.75) is 58.5 Å². The molecule has 0 fully saturated rings. The Kier molecular flexibility index (Phi) is 5.05. The van der Waals surface area contributed by atoms with Gasteiger partial charge in [0.2, 0.25) is 0 Å². The minimum atomic E-state index is -1.87. The van der Waals surface area contributed by atoms with Gasteiger partial charge in [0.25, 0.3) is 5.56 Å². The Balaban J connectivity index is 1.71. The Bertz CT molecular complexity index is 1380. The number of carbonyl (C=O) groups is 2. The molecule has 2 aliphatic heterocycles. The molecule has 0 saturated carbocycles. The summed E-state index contributed by atoms with van der Waals surface area (Å²) in [4.78, 5) is 42.6. The van der Waals surface area contributed by atoms with Crippen LogP contribution in [-0.4, -0.2) is 26.6 Å². The standard InChI is InChI=1S/C25H24N2O6/c1-3-7-21(28)32-12-16-14-8-5-6-9-19(14)26-22-15(16)11-27-20(22)10-18-17(23(27)29)13-33-24(30)25(18,31)4-2/h5-6,8-10,31H,3-4,7,11-13H2,1-2H3/t25-/m0/s1. The molecule has 4 heterocycles.